The Morgan fingerprint density at radius 3 is 2.17 bits per heavy atom. The van der Waals surface area contributed by atoms with Crippen molar-refractivity contribution in [2.75, 3.05) is 6.61 Å². The molecule has 7 nitrogen and oxygen atoms in total. The summed E-state index contributed by atoms with van der Waals surface area (Å²) in [6.07, 6.45) is -4.76. The molecule has 1 atom stereocenters. The monoisotopic (exact) mass is 506 g/mol. The fourth-order valence-electron chi connectivity index (χ4n) is 3.61. The number of nitrogens with zero attached hydrogens (tertiary/aromatic N) is 1. The number of benzene rings is 2. The van der Waals surface area contributed by atoms with Crippen molar-refractivity contribution in [3.63, 3.8) is 0 Å². The number of aromatic amines is 1. The van der Waals surface area contributed by atoms with Crippen molar-refractivity contribution >= 4 is 21.6 Å². The number of fused-ring (bicyclic) bond motifs is 1. The lowest BCUT2D eigenvalue weighted by Gasteiger charge is -2.11. The van der Waals surface area contributed by atoms with Crippen LogP contribution in [-0.2, 0) is 6.54 Å². The number of aromatic nitrogens is 2. The first-order valence-corrected chi connectivity index (χ1v) is 11.4. The van der Waals surface area contributed by atoms with Gasteiger partial charge >= 0.3 is 12.1 Å². The molecule has 0 aliphatic carbocycles. The van der Waals surface area contributed by atoms with Gasteiger partial charge in [-0.3, -0.25) is 14.3 Å². The number of hydrogen-bond donors (Lipinski definition) is 2. The number of ether oxygens (including phenoxy) is 2. The zero-order valence-electron chi connectivity index (χ0n) is 18.7. The van der Waals surface area contributed by atoms with Gasteiger partial charge in [0.15, 0.2) is 0 Å². The van der Waals surface area contributed by atoms with Crippen LogP contribution in [0.2, 0.25) is 0 Å². The first-order chi connectivity index (χ1) is 16.6. The van der Waals surface area contributed by atoms with Crippen LogP contribution in [0.25, 0.3) is 20.7 Å². The summed E-state index contributed by atoms with van der Waals surface area (Å²) in [4.78, 5) is 28.6. The van der Waals surface area contributed by atoms with Crippen molar-refractivity contribution in [3.05, 3.63) is 74.9 Å². The maximum atomic E-state index is 12.5. The summed E-state index contributed by atoms with van der Waals surface area (Å²) in [5.74, 6) is 0.280. The summed E-state index contributed by atoms with van der Waals surface area (Å²) in [5, 5.41) is 9.82. The van der Waals surface area contributed by atoms with Crippen molar-refractivity contribution in [3.8, 4) is 27.7 Å². The number of H-pyrrole nitrogens is 1. The Hall–Kier alpha value is -3.57. The molecule has 1 unspecified atom stereocenters. The molecular weight excluding hydrogens is 485 g/mol. The highest BCUT2D eigenvalue weighted by atomic mass is 32.1. The summed E-state index contributed by atoms with van der Waals surface area (Å²) in [6.45, 7) is 3.79. The Balaban J connectivity index is 1.61. The third kappa shape index (κ3) is 5.41. The fourth-order valence-corrected chi connectivity index (χ4v) is 4.92. The van der Waals surface area contributed by atoms with E-state index in [9.17, 15) is 27.9 Å². The Morgan fingerprint density at radius 1 is 1.03 bits per heavy atom. The molecule has 0 aliphatic rings. The van der Waals surface area contributed by atoms with E-state index < -0.39 is 17.6 Å². The summed E-state index contributed by atoms with van der Waals surface area (Å²) in [6, 6.07) is 12.0. The maximum Gasteiger partial charge on any atom is 0.573 e. The number of halogens is 3. The summed E-state index contributed by atoms with van der Waals surface area (Å²) in [5.41, 5.74) is 0.547. The smallest absolute Gasteiger partial charge is 0.457 e. The number of aryl methyl sites for hydroxylation is 1. The van der Waals surface area contributed by atoms with Gasteiger partial charge in [0.2, 0.25) is 0 Å². The predicted octanol–water partition coefficient (Wildman–Crippen LogP) is 5.05. The Labute approximate surface area is 201 Å². The summed E-state index contributed by atoms with van der Waals surface area (Å²) < 4.78 is 47.9. The molecule has 0 amide bonds. The standard InChI is InChI=1S/C24H21F3N2O5S/c1-13(12-30)11-29-22-19(21(31)28-23(29)32)14(2)20(35-22)15-3-5-16(6-4-15)33-17-7-9-18(10-8-17)34-24(25,26)27/h3-10,13,30H,11-12H2,1-2H3,(H,28,31,32). The molecule has 2 N–H and O–H groups in total. The van der Waals surface area contributed by atoms with Crippen molar-refractivity contribution in [2.24, 2.45) is 5.92 Å². The summed E-state index contributed by atoms with van der Waals surface area (Å²) >= 11 is 1.32. The van der Waals surface area contributed by atoms with E-state index in [4.69, 9.17) is 4.74 Å². The normalized spacial score (nSPS) is 12.6. The van der Waals surface area contributed by atoms with E-state index in [1.807, 2.05) is 6.92 Å². The van der Waals surface area contributed by atoms with Crippen molar-refractivity contribution in [1.29, 1.82) is 0 Å². The van der Waals surface area contributed by atoms with Crippen LogP contribution < -0.4 is 20.7 Å². The van der Waals surface area contributed by atoms with Crippen molar-refractivity contribution in [2.45, 2.75) is 26.8 Å². The average Bonchev–Trinajstić information content (AvgIpc) is 3.15. The van der Waals surface area contributed by atoms with Crippen LogP contribution in [-0.4, -0.2) is 27.6 Å². The molecule has 0 spiro atoms. The van der Waals surface area contributed by atoms with Crippen LogP contribution in [0.15, 0.2) is 58.1 Å². The van der Waals surface area contributed by atoms with E-state index in [0.717, 1.165) is 28.1 Å². The molecule has 4 aromatic rings. The van der Waals surface area contributed by atoms with E-state index in [-0.39, 0.29) is 24.8 Å². The second-order valence-electron chi connectivity index (χ2n) is 8.04. The van der Waals surface area contributed by atoms with E-state index in [0.29, 0.717) is 21.7 Å². The minimum absolute atomic E-state index is 0.0934. The lowest BCUT2D eigenvalue weighted by atomic mass is 10.1. The van der Waals surface area contributed by atoms with Crippen molar-refractivity contribution in [1.82, 2.24) is 9.55 Å². The molecule has 0 fully saturated rings. The number of rotatable bonds is 7. The SMILES string of the molecule is Cc1c(-c2ccc(Oc3ccc(OC(F)(F)F)cc3)cc2)sc2c1c(=O)[nH]c(=O)n2CC(C)CO. The van der Waals surface area contributed by atoms with Gasteiger partial charge in [0.1, 0.15) is 22.1 Å². The molecule has 2 heterocycles. The van der Waals surface area contributed by atoms with Gasteiger partial charge < -0.3 is 14.6 Å². The van der Waals surface area contributed by atoms with E-state index >= 15 is 0 Å². The minimum atomic E-state index is -4.76. The molecule has 0 saturated carbocycles. The number of hydrogen-bond acceptors (Lipinski definition) is 6. The number of nitrogens with one attached hydrogen (secondary N) is 1. The zero-order valence-corrected chi connectivity index (χ0v) is 19.5. The Bertz CT molecular complexity index is 1450. The maximum absolute atomic E-state index is 12.5. The van der Waals surface area contributed by atoms with Gasteiger partial charge in [-0.05, 0) is 72.5 Å². The Kier molecular flexibility index (Phi) is 6.73. The molecule has 2 aromatic carbocycles. The second kappa shape index (κ2) is 9.59. The van der Waals surface area contributed by atoms with Crippen LogP contribution in [0.4, 0.5) is 13.2 Å². The molecule has 184 valence electrons. The van der Waals surface area contributed by atoms with Gasteiger partial charge in [0.05, 0.1) is 5.39 Å². The van der Waals surface area contributed by atoms with E-state index in [1.165, 1.54) is 28.0 Å². The van der Waals surface area contributed by atoms with Crippen LogP contribution in [0.3, 0.4) is 0 Å². The van der Waals surface area contributed by atoms with Gasteiger partial charge in [-0.25, -0.2) is 4.79 Å². The van der Waals surface area contributed by atoms with Crippen LogP contribution in [0.5, 0.6) is 17.2 Å². The van der Waals surface area contributed by atoms with Gasteiger partial charge in [0.25, 0.3) is 5.56 Å². The molecule has 0 bridgehead atoms. The van der Waals surface area contributed by atoms with Crippen LogP contribution in [0, 0.1) is 12.8 Å². The average molecular weight is 507 g/mol. The van der Waals surface area contributed by atoms with Crippen LogP contribution in [0.1, 0.15) is 12.5 Å². The van der Waals surface area contributed by atoms with Gasteiger partial charge in [-0.2, -0.15) is 0 Å². The molecule has 11 heteroatoms. The molecule has 2 aromatic heterocycles. The third-order valence-corrected chi connectivity index (χ3v) is 6.65. The largest absolute Gasteiger partial charge is 0.573 e. The number of aliphatic hydroxyl groups excluding tert-OH is 1. The molecular formula is C24H21F3N2O5S. The topological polar surface area (TPSA) is 93.5 Å². The lowest BCUT2D eigenvalue weighted by Crippen LogP contribution is -2.31. The van der Waals surface area contributed by atoms with Gasteiger partial charge in [0, 0.05) is 18.0 Å². The van der Waals surface area contributed by atoms with Crippen LogP contribution >= 0.6 is 11.3 Å². The van der Waals surface area contributed by atoms with Crippen molar-refractivity contribution < 1.29 is 27.8 Å². The minimum Gasteiger partial charge on any atom is -0.457 e. The Morgan fingerprint density at radius 2 is 1.60 bits per heavy atom. The third-order valence-electron chi connectivity index (χ3n) is 5.28. The fraction of sp³-hybridized carbons (Fsp3) is 0.250. The highest BCUT2D eigenvalue weighted by molar-refractivity contribution is 7.22. The lowest BCUT2D eigenvalue weighted by molar-refractivity contribution is -0.274. The molecule has 0 saturated heterocycles. The number of aliphatic hydroxyl groups is 1. The number of thiophene rings is 1. The molecule has 0 aliphatic heterocycles. The number of alkyl halides is 3. The van der Waals surface area contributed by atoms with Gasteiger partial charge in [-0.15, -0.1) is 24.5 Å². The summed E-state index contributed by atoms with van der Waals surface area (Å²) in [7, 11) is 0. The molecule has 35 heavy (non-hydrogen) atoms. The first kappa shape index (κ1) is 24.6. The highest BCUT2D eigenvalue weighted by Gasteiger charge is 2.31. The molecule has 0 radical (unpaired) electrons. The highest BCUT2D eigenvalue weighted by Crippen LogP contribution is 2.37. The van der Waals surface area contributed by atoms with Gasteiger partial charge in [-0.1, -0.05) is 6.92 Å². The quantitative estimate of drug-likeness (QED) is 0.366. The second-order valence-corrected chi connectivity index (χ2v) is 9.04. The first-order valence-electron chi connectivity index (χ1n) is 10.6. The van der Waals surface area contributed by atoms with E-state index in [2.05, 4.69) is 9.72 Å². The predicted molar refractivity (Wildman–Crippen MR) is 126 cm³/mol. The van der Waals surface area contributed by atoms with E-state index in [1.54, 1.807) is 31.2 Å². The molecule has 4 rings (SSSR count). The zero-order chi connectivity index (χ0) is 25.3.